The molecule has 8 aromatic rings. The molecule has 0 amide bonds. The van der Waals surface area contributed by atoms with Gasteiger partial charge in [0.1, 0.15) is 5.58 Å². The topological polar surface area (TPSA) is 56.7 Å². The molecule has 0 bridgehead atoms. The molecule has 0 aliphatic rings. The van der Waals surface area contributed by atoms with E-state index in [4.69, 9.17) is 9.40 Å². The molecule has 5 nitrogen and oxygen atoms in total. The molecular weight excluding hydrogens is 785 g/mol. The zero-order valence-corrected chi connectivity index (χ0v) is 31.3. The second-order valence-electron chi connectivity index (χ2n) is 13.0. The SMILES string of the molecule is C[Si](C)(C)c1ccc(-c2[c-]cccc2)nc1.Cc1cc(C)cc(-n2c(-c3[c-]ccc4c3oc3ccccc34)nc3ccnc(C)c32)c1.[Ir]. The van der Waals surface area contributed by atoms with Crippen LogP contribution < -0.4 is 5.19 Å². The molecule has 0 aliphatic carbocycles. The number of fused-ring (bicyclic) bond motifs is 4. The Morgan fingerprint density at radius 3 is 2.23 bits per heavy atom. The van der Waals surface area contributed by atoms with E-state index in [0.717, 1.165) is 67.0 Å². The molecular formula is C41H36IrN4OSi-2. The number of furan rings is 1. The zero-order valence-electron chi connectivity index (χ0n) is 27.9. The number of pyridine rings is 2. The minimum absolute atomic E-state index is 0. The number of aryl methyl sites for hydroxylation is 3. The number of rotatable bonds is 4. The van der Waals surface area contributed by atoms with Crippen molar-refractivity contribution in [1.82, 2.24) is 19.5 Å². The molecule has 4 heterocycles. The molecule has 0 spiro atoms. The monoisotopic (exact) mass is 821 g/mol. The van der Waals surface area contributed by atoms with E-state index >= 15 is 0 Å². The third kappa shape index (κ3) is 6.41. The Kier molecular flexibility index (Phi) is 9.30. The fraction of sp³-hybridized carbons (Fsp3) is 0.146. The summed E-state index contributed by atoms with van der Waals surface area (Å²) in [6.07, 6.45) is 3.83. The van der Waals surface area contributed by atoms with E-state index in [1.54, 1.807) is 0 Å². The van der Waals surface area contributed by atoms with E-state index < -0.39 is 8.07 Å². The molecule has 0 N–H and O–H groups in total. The van der Waals surface area contributed by atoms with Crippen LogP contribution in [0, 0.1) is 32.9 Å². The average Bonchev–Trinajstić information content (AvgIpc) is 3.65. The van der Waals surface area contributed by atoms with Gasteiger partial charge < -0.3 is 14.0 Å². The van der Waals surface area contributed by atoms with Gasteiger partial charge in [-0.3, -0.25) is 9.97 Å². The molecule has 4 aromatic heterocycles. The quantitative estimate of drug-likeness (QED) is 0.131. The van der Waals surface area contributed by atoms with E-state index in [0.29, 0.717) is 0 Å². The van der Waals surface area contributed by atoms with Gasteiger partial charge >= 0.3 is 0 Å². The molecule has 0 unspecified atom stereocenters. The molecule has 4 aromatic carbocycles. The van der Waals surface area contributed by atoms with Crippen LogP contribution in [-0.2, 0) is 20.1 Å². The maximum atomic E-state index is 6.30. The molecule has 0 aliphatic heterocycles. The molecule has 8 rings (SSSR count). The third-order valence-electron chi connectivity index (χ3n) is 8.39. The van der Waals surface area contributed by atoms with Gasteiger partial charge in [0.15, 0.2) is 0 Å². The molecule has 1 radical (unpaired) electrons. The molecule has 0 fully saturated rings. The fourth-order valence-electron chi connectivity index (χ4n) is 6.09. The number of hydrogen-bond donors (Lipinski definition) is 0. The van der Waals surface area contributed by atoms with E-state index in [-0.39, 0.29) is 20.1 Å². The standard InChI is InChI=1S/C27H20N3O.C14H16NSi.Ir/c1-16-13-17(2)15-19(14-16)30-25-18(3)28-12-11-23(25)29-27(30)22-9-6-8-21-20-7-4-5-10-24(20)31-26(21)22;1-16(2,3)13-9-10-14(15-11-13)12-7-5-4-6-8-12;/h4-8,10-15H,1-3H3;4-7,9-11H,1-3H3;/q2*-1;. The Labute approximate surface area is 296 Å². The number of imidazole rings is 1. The predicted molar refractivity (Wildman–Crippen MR) is 196 cm³/mol. The Morgan fingerprint density at radius 1 is 0.750 bits per heavy atom. The number of para-hydroxylation sites is 1. The van der Waals surface area contributed by atoms with Crippen molar-refractivity contribution < 1.29 is 24.5 Å². The van der Waals surface area contributed by atoms with Gasteiger partial charge in [-0.25, -0.2) is 0 Å². The van der Waals surface area contributed by atoms with Gasteiger partial charge in [-0.15, -0.1) is 54.1 Å². The van der Waals surface area contributed by atoms with Crippen LogP contribution >= 0.6 is 0 Å². The normalized spacial score (nSPS) is 11.4. The summed E-state index contributed by atoms with van der Waals surface area (Å²) in [5, 5.41) is 3.56. The van der Waals surface area contributed by atoms with E-state index in [1.807, 2.05) is 73.9 Å². The van der Waals surface area contributed by atoms with Gasteiger partial charge in [-0.1, -0.05) is 67.0 Å². The number of aromatic nitrogens is 4. The Morgan fingerprint density at radius 2 is 1.52 bits per heavy atom. The van der Waals surface area contributed by atoms with Crippen LogP contribution in [0.4, 0.5) is 0 Å². The van der Waals surface area contributed by atoms with Crippen molar-refractivity contribution in [2.24, 2.45) is 0 Å². The van der Waals surface area contributed by atoms with Gasteiger partial charge in [0.2, 0.25) is 0 Å². The molecule has 48 heavy (non-hydrogen) atoms. The first-order valence-electron chi connectivity index (χ1n) is 15.9. The van der Waals surface area contributed by atoms with E-state index in [1.165, 1.54) is 16.3 Å². The van der Waals surface area contributed by atoms with Gasteiger partial charge in [0.25, 0.3) is 0 Å². The van der Waals surface area contributed by atoms with Crippen LogP contribution in [0.5, 0.6) is 0 Å². The van der Waals surface area contributed by atoms with E-state index in [2.05, 4.69) is 103 Å². The first-order valence-corrected chi connectivity index (χ1v) is 19.4. The van der Waals surface area contributed by atoms with Crippen molar-refractivity contribution in [2.75, 3.05) is 0 Å². The van der Waals surface area contributed by atoms with E-state index in [9.17, 15) is 0 Å². The largest absolute Gasteiger partial charge is 0.501 e. The molecule has 0 saturated heterocycles. The summed E-state index contributed by atoms with van der Waals surface area (Å²) in [6, 6.07) is 39.5. The first-order chi connectivity index (χ1) is 22.7. The van der Waals surface area contributed by atoms with Crippen molar-refractivity contribution in [3.63, 3.8) is 0 Å². The van der Waals surface area contributed by atoms with Gasteiger partial charge in [0, 0.05) is 43.6 Å². The fourth-order valence-corrected chi connectivity index (χ4v) is 7.12. The number of benzene rings is 4. The van der Waals surface area contributed by atoms with Crippen molar-refractivity contribution in [3.05, 3.63) is 138 Å². The number of nitrogens with zero attached hydrogens (tertiary/aromatic N) is 4. The summed E-state index contributed by atoms with van der Waals surface area (Å²) in [5.41, 5.74) is 10.9. The summed E-state index contributed by atoms with van der Waals surface area (Å²) in [5.74, 6) is 0.806. The Hall–Kier alpha value is -4.68. The maximum absolute atomic E-state index is 6.30. The van der Waals surface area contributed by atoms with Crippen LogP contribution in [0.15, 0.2) is 114 Å². The second-order valence-corrected chi connectivity index (χ2v) is 18.1. The Balaban J connectivity index is 0.000000201. The third-order valence-corrected chi connectivity index (χ3v) is 10.4. The van der Waals surface area contributed by atoms with Gasteiger partial charge in [-0.2, -0.15) is 0 Å². The molecule has 241 valence electrons. The second kappa shape index (κ2) is 13.4. The Bertz CT molecular complexity index is 2350. The van der Waals surface area contributed by atoms with Crippen LogP contribution in [0.25, 0.3) is 61.3 Å². The van der Waals surface area contributed by atoms with Crippen LogP contribution in [0.3, 0.4) is 0 Å². The summed E-state index contributed by atoms with van der Waals surface area (Å²) < 4.78 is 8.49. The van der Waals surface area contributed by atoms with Crippen molar-refractivity contribution in [1.29, 1.82) is 0 Å². The summed E-state index contributed by atoms with van der Waals surface area (Å²) in [4.78, 5) is 14.1. The zero-order chi connectivity index (χ0) is 32.7. The average molecular weight is 821 g/mol. The van der Waals surface area contributed by atoms with Crippen molar-refractivity contribution in [2.45, 2.75) is 40.4 Å². The smallest absolute Gasteiger partial charge is 0.120 e. The first kappa shape index (κ1) is 33.2. The maximum Gasteiger partial charge on any atom is 0.120 e. The van der Waals surface area contributed by atoms with Crippen LogP contribution in [0.2, 0.25) is 19.6 Å². The van der Waals surface area contributed by atoms with Crippen molar-refractivity contribution in [3.8, 4) is 28.3 Å². The summed E-state index contributed by atoms with van der Waals surface area (Å²) in [6.45, 7) is 13.3. The predicted octanol–water partition coefficient (Wildman–Crippen LogP) is 9.80. The van der Waals surface area contributed by atoms with Gasteiger partial charge in [-0.05, 0) is 67.0 Å². The molecule has 7 heteroatoms. The minimum Gasteiger partial charge on any atom is -0.501 e. The van der Waals surface area contributed by atoms with Crippen LogP contribution in [-0.4, -0.2) is 27.6 Å². The summed E-state index contributed by atoms with van der Waals surface area (Å²) >= 11 is 0. The molecule has 0 saturated carbocycles. The summed E-state index contributed by atoms with van der Waals surface area (Å²) in [7, 11) is -1.23. The number of hydrogen-bond acceptors (Lipinski definition) is 4. The van der Waals surface area contributed by atoms with Crippen molar-refractivity contribution >= 4 is 46.2 Å². The minimum atomic E-state index is -1.23. The van der Waals surface area contributed by atoms with Gasteiger partial charge in [0.05, 0.1) is 36.2 Å². The van der Waals surface area contributed by atoms with Crippen LogP contribution in [0.1, 0.15) is 16.8 Å². The molecule has 0 atom stereocenters.